The predicted octanol–water partition coefficient (Wildman–Crippen LogP) is 3.50. The molecule has 2 aromatic carbocycles. The van der Waals surface area contributed by atoms with Crippen LogP contribution >= 0.6 is 0 Å². The Bertz CT molecular complexity index is 1630. The first-order chi connectivity index (χ1) is 23.4. The molecule has 2 N–H and O–H groups in total. The van der Waals surface area contributed by atoms with Gasteiger partial charge in [0.05, 0.1) is 24.4 Å². The van der Waals surface area contributed by atoms with Gasteiger partial charge in [-0.25, -0.2) is 4.79 Å². The van der Waals surface area contributed by atoms with Gasteiger partial charge in [0.25, 0.3) is 0 Å². The molecule has 4 fully saturated rings. The van der Waals surface area contributed by atoms with Crippen molar-refractivity contribution < 1.29 is 38.4 Å². The second kappa shape index (κ2) is 12.9. The monoisotopic (exact) mass is 654 g/mol. The van der Waals surface area contributed by atoms with Gasteiger partial charge in [-0.2, -0.15) is 0 Å². The van der Waals surface area contributed by atoms with Gasteiger partial charge in [-0.3, -0.25) is 9.59 Å². The number of allylic oxidation sites excluding steroid dienone is 1. The van der Waals surface area contributed by atoms with Gasteiger partial charge < -0.3 is 34.3 Å². The predicted molar refractivity (Wildman–Crippen MR) is 175 cm³/mol. The van der Waals surface area contributed by atoms with E-state index in [2.05, 4.69) is 23.5 Å². The fraction of sp³-hybridized carbons (Fsp3) is 0.500. The molecule has 3 aliphatic carbocycles. The number of aliphatic hydroxyl groups excluding tert-OH is 1. The quantitative estimate of drug-likeness (QED) is 0.327. The molecule has 7 atom stereocenters. The van der Waals surface area contributed by atoms with Gasteiger partial charge in [0, 0.05) is 37.9 Å². The summed E-state index contributed by atoms with van der Waals surface area (Å²) in [4.78, 5) is 42.5. The Hall–Kier alpha value is -3.83. The van der Waals surface area contributed by atoms with Crippen molar-refractivity contribution in [3.8, 4) is 0 Å². The van der Waals surface area contributed by atoms with E-state index in [9.17, 15) is 19.5 Å². The zero-order valence-corrected chi connectivity index (χ0v) is 26.9. The molecule has 3 heterocycles. The highest BCUT2D eigenvalue weighted by molar-refractivity contribution is 5.98. The van der Waals surface area contributed by atoms with Gasteiger partial charge in [0.15, 0.2) is 5.79 Å². The number of epoxide rings is 1. The minimum absolute atomic E-state index is 0.129. The van der Waals surface area contributed by atoms with Gasteiger partial charge in [-0.15, -0.1) is 0 Å². The van der Waals surface area contributed by atoms with Crippen LogP contribution in [0.25, 0.3) is 6.08 Å². The second-order valence-electron chi connectivity index (χ2n) is 13.9. The number of carbonyl (C=O) groups excluding carboxylic acids is 3. The number of nitrogens with one attached hydrogen (secondary N) is 1. The molecule has 252 valence electrons. The summed E-state index contributed by atoms with van der Waals surface area (Å²) < 4.78 is 25.3. The van der Waals surface area contributed by atoms with E-state index >= 15 is 0 Å². The third kappa shape index (κ3) is 6.11. The van der Waals surface area contributed by atoms with Gasteiger partial charge in [0.1, 0.15) is 24.4 Å². The number of amides is 2. The van der Waals surface area contributed by atoms with E-state index in [1.165, 1.54) is 0 Å². The lowest BCUT2D eigenvalue weighted by Gasteiger charge is -2.32. The third-order valence-corrected chi connectivity index (χ3v) is 10.8. The largest absolute Gasteiger partial charge is 0.456 e. The molecule has 0 radical (unpaired) electrons. The highest BCUT2D eigenvalue weighted by Gasteiger charge is 2.55. The van der Waals surface area contributed by atoms with Gasteiger partial charge in [-0.05, 0) is 66.9 Å². The normalized spacial score (nSPS) is 31.2. The summed E-state index contributed by atoms with van der Waals surface area (Å²) in [5.74, 6) is -1.54. The van der Waals surface area contributed by atoms with Crippen molar-refractivity contribution in [1.29, 1.82) is 0 Å². The summed E-state index contributed by atoms with van der Waals surface area (Å²) in [6.07, 6.45) is 10.5. The van der Waals surface area contributed by atoms with Gasteiger partial charge in [-0.1, -0.05) is 54.6 Å². The molecule has 2 aromatic rings. The maximum absolute atomic E-state index is 14.1. The van der Waals surface area contributed by atoms with Crippen LogP contribution in [0.5, 0.6) is 0 Å². The molecule has 3 unspecified atom stereocenters. The Kier molecular flexibility index (Phi) is 8.44. The van der Waals surface area contributed by atoms with E-state index in [-0.39, 0.29) is 31.4 Å². The van der Waals surface area contributed by atoms with E-state index in [0.29, 0.717) is 61.5 Å². The molecule has 3 aliphatic heterocycles. The second-order valence-corrected chi connectivity index (χ2v) is 13.9. The first-order valence-electron chi connectivity index (χ1n) is 17.4. The minimum atomic E-state index is -0.913. The van der Waals surface area contributed by atoms with Crippen LogP contribution in [0, 0.1) is 5.92 Å². The maximum Gasteiger partial charge on any atom is 0.339 e. The lowest BCUT2D eigenvalue weighted by molar-refractivity contribution is -0.172. The summed E-state index contributed by atoms with van der Waals surface area (Å²) in [5, 5.41) is 11.9. The number of esters is 1. The Morgan fingerprint density at radius 1 is 1.00 bits per heavy atom. The molecule has 48 heavy (non-hydrogen) atoms. The molecule has 1 spiro atoms. The topological polar surface area (TPSA) is 127 Å². The van der Waals surface area contributed by atoms with E-state index < -0.39 is 36.1 Å². The third-order valence-electron chi connectivity index (χ3n) is 10.8. The summed E-state index contributed by atoms with van der Waals surface area (Å²) >= 11 is 0. The van der Waals surface area contributed by atoms with Crippen LogP contribution in [0.15, 0.2) is 66.3 Å². The smallest absolute Gasteiger partial charge is 0.339 e. The Balaban J connectivity index is 1.04. The standard InChI is InChI=1S/C38H42N2O8/c41-17-15-39-35(42)29-10-5-16-40(29)36(43)27-19-32(34-33(20-27)47-38(48-34)21-25-7-1-2-8-26(25)22-38)46-37(44)28-9-4-3-6-24(28)13-11-23-12-14-30-31(18-23)45-30/h1-4,6-9,11,13,20,23,29-34,41H,5,10,12,14-19,21-22H2,(H,39,42)/t23?,29-,30?,31?,32-,33-,34+/m1/s1. The minimum Gasteiger partial charge on any atom is -0.456 e. The Morgan fingerprint density at radius 3 is 2.58 bits per heavy atom. The number of hydrogen-bond acceptors (Lipinski definition) is 8. The highest BCUT2D eigenvalue weighted by atomic mass is 16.8. The average molecular weight is 655 g/mol. The number of rotatable bonds is 8. The number of nitrogens with zero attached hydrogens (tertiary/aromatic N) is 1. The van der Waals surface area contributed by atoms with Crippen molar-refractivity contribution in [3.63, 3.8) is 0 Å². The summed E-state index contributed by atoms with van der Waals surface area (Å²) in [6.45, 7) is 0.396. The van der Waals surface area contributed by atoms with Crippen molar-refractivity contribution in [1.82, 2.24) is 10.2 Å². The van der Waals surface area contributed by atoms with Crippen LogP contribution in [0.1, 0.15) is 65.6 Å². The summed E-state index contributed by atoms with van der Waals surface area (Å²) in [7, 11) is 0. The van der Waals surface area contributed by atoms with Crippen LogP contribution in [0.3, 0.4) is 0 Å². The summed E-state index contributed by atoms with van der Waals surface area (Å²) in [5.41, 5.74) is 3.98. The van der Waals surface area contributed by atoms with Crippen LogP contribution in [0.2, 0.25) is 0 Å². The number of fused-ring (bicyclic) bond motifs is 3. The van der Waals surface area contributed by atoms with Crippen LogP contribution in [0.4, 0.5) is 0 Å². The molecule has 0 aromatic heterocycles. The SMILES string of the molecule is O=C(O[C@@H]1CC(C(=O)N2CCC[C@@H]2C(=O)NCCO)=C[C@H]2OC3(Cc4ccccc4C3)O[C@H]21)c1ccccc1C=CC1CCC2OC2C1. The van der Waals surface area contributed by atoms with Crippen molar-refractivity contribution >= 4 is 23.9 Å². The zero-order valence-electron chi connectivity index (χ0n) is 26.9. The van der Waals surface area contributed by atoms with E-state index in [0.717, 1.165) is 36.0 Å². The van der Waals surface area contributed by atoms with Crippen LogP contribution in [-0.4, -0.2) is 89.8 Å². The van der Waals surface area contributed by atoms with Gasteiger partial charge in [0.2, 0.25) is 11.8 Å². The average Bonchev–Trinajstić information content (AvgIpc) is 3.38. The molecule has 6 aliphatic rings. The first kappa shape index (κ1) is 31.4. The number of aliphatic hydroxyl groups is 1. The number of hydrogen-bond donors (Lipinski definition) is 2. The van der Waals surface area contributed by atoms with Gasteiger partial charge >= 0.3 is 5.97 Å². The molecular weight excluding hydrogens is 612 g/mol. The van der Waals surface area contributed by atoms with E-state index in [4.69, 9.17) is 18.9 Å². The molecule has 3 saturated heterocycles. The van der Waals surface area contributed by atoms with Crippen molar-refractivity contribution in [2.45, 2.75) is 93.7 Å². The number of ether oxygens (including phenoxy) is 4. The first-order valence-corrected chi connectivity index (χ1v) is 17.4. The Labute approximate surface area is 280 Å². The highest BCUT2D eigenvalue weighted by Crippen LogP contribution is 2.45. The molecule has 10 heteroatoms. The van der Waals surface area contributed by atoms with Crippen LogP contribution < -0.4 is 5.32 Å². The lowest BCUT2D eigenvalue weighted by Crippen LogP contribution is -2.49. The van der Waals surface area contributed by atoms with E-state index in [1.54, 1.807) is 11.0 Å². The molecule has 0 bridgehead atoms. The molecule has 1 saturated carbocycles. The molecule has 10 nitrogen and oxygen atoms in total. The van der Waals surface area contributed by atoms with Crippen molar-refractivity contribution in [2.75, 3.05) is 19.7 Å². The number of carbonyl (C=O) groups is 3. The number of likely N-dealkylation sites (tertiary alicyclic amines) is 1. The maximum atomic E-state index is 14.1. The molecule has 8 rings (SSSR count). The molecule has 2 amide bonds. The molecular formula is C38H42N2O8. The summed E-state index contributed by atoms with van der Waals surface area (Å²) in [6, 6.07) is 14.9. The van der Waals surface area contributed by atoms with E-state index in [1.807, 2.05) is 42.5 Å². The Morgan fingerprint density at radius 2 is 1.79 bits per heavy atom. The van der Waals surface area contributed by atoms with Crippen LogP contribution in [-0.2, 0) is 41.4 Å². The zero-order chi connectivity index (χ0) is 32.8. The van der Waals surface area contributed by atoms with Crippen molar-refractivity contribution in [3.05, 3.63) is 88.5 Å². The number of benzene rings is 2. The fourth-order valence-corrected chi connectivity index (χ4v) is 8.30. The fourth-order valence-electron chi connectivity index (χ4n) is 8.30. The van der Waals surface area contributed by atoms with Crippen molar-refractivity contribution in [2.24, 2.45) is 5.92 Å². The lowest BCUT2D eigenvalue weighted by atomic mass is 9.88.